The fourth-order valence-electron chi connectivity index (χ4n) is 2.84. The maximum atomic E-state index is 11.3. The summed E-state index contributed by atoms with van der Waals surface area (Å²) in [6, 6.07) is 0.571. The number of nitrogens with zero attached hydrogens (tertiary/aromatic N) is 1. The summed E-state index contributed by atoms with van der Waals surface area (Å²) in [7, 11) is 2.15. The van der Waals surface area contributed by atoms with Crippen LogP contribution in [0.4, 0.5) is 0 Å². The van der Waals surface area contributed by atoms with E-state index < -0.39 is 0 Å². The van der Waals surface area contributed by atoms with E-state index in [2.05, 4.69) is 18.9 Å². The summed E-state index contributed by atoms with van der Waals surface area (Å²) in [6.45, 7) is 3.42. The SMILES string of the molecule is CC1CC(=O)CC2C1CCN2C. The van der Waals surface area contributed by atoms with Gasteiger partial charge in [0.2, 0.25) is 0 Å². The van der Waals surface area contributed by atoms with Crippen molar-refractivity contribution in [1.29, 1.82) is 0 Å². The van der Waals surface area contributed by atoms with E-state index in [1.54, 1.807) is 0 Å². The molecule has 3 atom stereocenters. The molecule has 0 aromatic carbocycles. The zero-order valence-electron chi connectivity index (χ0n) is 7.92. The van der Waals surface area contributed by atoms with E-state index in [1.807, 2.05) is 0 Å². The van der Waals surface area contributed by atoms with Crippen LogP contribution in [0.2, 0.25) is 0 Å². The average Bonchev–Trinajstić information content (AvgIpc) is 2.33. The van der Waals surface area contributed by atoms with Crippen molar-refractivity contribution in [2.45, 2.75) is 32.2 Å². The summed E-state index contributed by atoms with van der Waals surface area (Å²) in [5.41, 5.74) is 0. The molecule has 12 heavy (non-hydrogen) atoms. The van der Waals surface area contributed by atoms with Crippen molar-refractivity contribution in [2.75, 3.05) is 13.6 Å². The monoisotopic (exact) mass is 167 g/mol. The first-order valence-corrected chi connectivity index (χ1v) is 4.90. The Labute approximate surface area is 73.9 Å². The number of likely N-dealkylation sites (tertiary alicyclic amines) is 1. The maximum absolute atomic E-state index is 11.3. The number of hydrogen-bond donors (Lipinski definition) is 0. The molecule has 1 aliphatic heterocycles. The predicted octanol–water partition coefficient (Wildman–Crippen LogP) is 1.31. The molecule has 0 N–H and O–H groups in total. The van der Waals surface area contributed by atoms with Crippen LogP contribution in [0, 0.1) is 11.8 Å². The van der Waals surface area contributed by atoms with Crippen LogP contribution in [0.1, 0.15) is 26.2 Å². The van der Waals surface area contributed by atoms with E-state index in [9.17, 15) is 4.79 Å². The van der Waals surface area contributed by atoms with Gasteiger partial charge in [0.1, 0.15) is 5.78 Å². The molecule has 1 saturated carbocycles. The second kappa shape index (κ2) is 2.84. The minimum atomic E-state index is 0.470. The Morgan fingerprint density at radius 1 is 1.42 bits per heavy atom. The van der Waals surface area contributed by atoms with Crippen molar-refractivity contribution in [3.8, 4) is 0 Å². The van der Waals surface area contributed by atoms with Crippen molar-refractivity contribution in [3.63, 3.8) is 0 Å². The highest BCUT2D eigenvalue weighted by atomic mass is 16.1. The number of hydrogen-bond acceptors (Lipinski definition) is 2. The molecule has 2 nitrogen and oxygen atoms in total. The molecule has 1 aliphatic carbocycles. The quantitative estimate of drug-likeness (QED) is 0.542. The molecule has 0 bridgehead atoms. The van der Waals surface area contributed by atoms with Gasteiger partial charge in [-0.05, 0) is 31.8 Å². The molecule has 0 radical (unpaired) electrons. The molecule has 68 valence electrons. The minimum Gasteiger partial charge on any atom is -0.303 e. The molecular formula is C10H17NO. The first-order chi connectivity index (χ1) is 5.68. The molecule has 3 unspecified atom stereocenters. The van der Waals surface area contributed by atoms with Gasteiger partial charge in [-0.3, -0.25) is 4.79 Å². The third-order valence-corrected chi connectivity index (χ3v) is 3.59. The largest absolute Gasteiger partial charge is 0.303 e. The number of carbonyl (C=O) groups is 1. The van der Waals surface area contributed by atoms with Gasteiger partial charge < -0.3 is 4.90 Å². The van der Waals surface area contributed by atoms with Gasteiger partial charge in [-0.15, -0.1) is 0 Å². The van der Waals surface area contributed by atoms with E-state index in [0.29, 0.717) is 17.7 Å². The fourth-order valence-corrected chi connectivity index (χ4v) is 2.84. The molecule has 2 heteroatoms. The lowest BCUT2D eigenvalue weighted by molar-refractivity contribution is -0.123. The molecule has 0 aromatic heterocycles. The van der Waals surface area contributed by atoms with Crippen LogP contribution in [0.3, 0.4) is 0 Å². The Kier molecular flexibility index (Phi) is 1.95. The Bertz CT molecular complexity index is 202. The van der Waals surface area contributed by atoms with Gasteiger partial charge in [-0.1, -0.05) is 6.92 Å². The summed E-state index contributed by atoms with van der Waals surface area (Å²) in [5, 5.41) is 0. The topological polar surface area (TPSA) is 20.3 Å². The highest BCUT2D eigenvalue weighted by Gasteiger charge is 2.40. The standard InChI is InChI=1S/C10H17NO/c1-7-5-8(12)6-10-9(7)3-4-11(10)2/h7,9-10H,3-6H2,1-2H3. The smallest absolute Gasteiger partial charge is 0.134 e. The minimum absolute atomic E-state index is 0.470. The fraction of sp³-hybridized carbons (Fsp3) is 0.900. The number of ketones is 1. The van der Waals surface area contributed by atoms with E-state index in [4.69, 9.17) is 0 Å². The first kappa shape index (κ1) is 8.24. The highest BCUT2D eigenvalue weighted by molar-refractivity contribution is 5.80. The van der Waals surface area contributed by atoms with E-state index >= 15 is 0 Å². The maximum Gasteiger partial charge on any atom is 0.134 e. The van der Waals surface area contributed by atoms with Crippen molar-refractivity contribution < 1.29 is 4.79 Å². The molecule has 0 spiro atoms. The van der Waals surface area contributed by atoms with Gasteiger partial charge in [-0.2, -0.15) is 0 Å². The van der Waals surface area contributed by atoms with Crippen molar-refractivity contribution >= 4 is 5.78 Å². The Morgan fingerprint density at radius 3 is 2.92 bits per heavy atom. The summed E-state index contributed by atoms with van der Waals surface area (Å²) in [4.78, 5) is 13.7. The summed E-state index contributed by atoms with van der Waals surface area (Å²) in [6.07, 6.45) is 2.94. The molecule has 1 heterocycles. The zero-order valence-corrected chi connectivity index (χ0v) is 7.92. The van der Waals surface area contributed by atoms with Gasteiger partial charge >= 0.3 is 0 Å². The molecule has 2 aliphatic rings. The molecule has 0 aromatic rings. The van der Waals surface area contributed by atoms with Crippen molar-refractivity contribution in [1.82, 2.24) is 4.90 Å². The Hall–Kier alpha value is -0.370. The van der Waals surface area contributed by atoms with E-state index in [1.165, 1.54) is 13.0 Å². The third-order valence-electron chi connectivity index (χ3n) is 3.59. The van der Waals surface area contributed by atoms with Crippen LogP contribution in [-0.2, 0) is 4.79 Å². The van der Waals surface area contributed by atoms with Gasteiger partial charge in [-0.25, -0.2) is 0 Å². The lowest BCUT2D eigenvalue weighted by atomic mass is 9.77. The lowest BCUT2D eigenvalue weighted by Gasteiger charge is -2.33. The zero-order chi connectivity index (χ0) is 8.72. The number of carbonyl (C=O) groups excluding carboxylic acids is 1. The summed E-state index contributed by atoms with van der Waals surface area (Å²) >= 11 is 0. The van der Waals surface area contributed by atoms with Crippen LogP contribution < -0.4 is 0 Å². The number of fused-ring (bicyclic) bond motifs is 1. The Balaban J connectivity index is 2.13. The van der Waals surface area contributed by atoms with Crippen LogP contribution in [0.15, 0.2) is 0 Å². The summed E-state index contributed by atoms with van der Waals surface area (Å²) < 4.78 is 0. The molecule has 2 rings (SSSR count). The second-order valence-corrected chi connectivity index (χ2v) is 4.42. The third kappa shape index (κ3) is 1.18. The van der Waals surface area contributed by atoms with E-state index in [0.717, 1.165) is 18.8 Å². The summed E-state index contributed by atoms with van der Waals surface area (Å²) in [5.74, 6) is 1.89. The van der Waals surface area contributed by atoms with Gasteiger partial charge in [0.05, 0.1) is 0 Å². The second-order valence-electron chi connectivity index (χ2n) is 4.42. The van der Waals surface area contributed by atoms with Crippen LogP contribution in [0.25, 0.3) is 0 Å². The first-order valence-electron chi connectivity index (χ1n) is 4.90. The van der Waals surface area contributed by atoms with Gasteiger partial charge in [0.15, 0.2) is 0 Å². The van der Waals surface area contributed by atoms with Gasteiger partial charge in [0.25, 0.3) is 0 Å². The van der Waals surface area contributed by atoms with Crippen LogP contribution in [0.5, 0.6) is 0 Å². The predicted molar refractivity (Wildman–Crippen MR) is 47.9 cm³/mol. The van der Waals surface area contributed by atoms with E-state index in [-0.39, 0.29) is 0 Å². The molecule has 0 amide bonds. The molecular weight excluding hydrogens is 150 g/mol. The highest BCUT2D eigenvalue weighted by Crippen LogP contribution is 2.37. The van der Waals surface area contributed by atoms with Crippen LogP contribution >= 0.6 is 0 Å². The lowest BCUT2D eigenvalue weighted by Crippen LogP contribution is -2.38. The number of Topliss-reactive ketones (excluding diaryl/α,β-unsaturated/α-hetero) is 1. The van der Waals surface area contributed by atoms with Crippen molar-refractivity contribution in [3.05, 3.63) is 0 Å². The Morgan fingerprint density at radius 2 is 2.17 bits per heavy atom. The average molecular weight is 167 g/mol. The van der Waals surface area contributed by atoms with Crippen molar-refractivity contribution in [2.24, 2.45) is 11.8 Å². The van der Waals surface area contributed by atoms with Crippen LogP contribution in [-0.4, -0.2) is 30.3 Å². The molecule has 2 fully saturated rings. The normalized spacial score (nSPS) is 43.2. The van der Waals surface area contributed by atoms with Gasteiger partial charge in [0, 0.05) is 18.9 Å². The number of rotatable bonds is 0. The molecule has 1 saturated heterocycles.